The summed E-state index contributed by atoms with van der Waals surface area (Å²) in [6.07, 6.45) is 0. The molecule has 0 fully saturated rings. The number of carbonyl (C=O) groups is 2. The Morgan fingerprint density at radius 3 is 2.20 bits per heavy atom. The van der Waals surface area contributed by atoms with Gasteiger partial charge in [0.15, 0.2) is 11.2 Å². The third kappa shape index (κ3) is 3.38. The molecule has 20 heavy (non-hydrogen) atoms. The highest BCUT2D eigenvalue weighted by atomic mass is 35.5. The number of amides is 1. The van der Waals surface area contributed by atoms with Crippen molar-refractivity contribution in [2.45, 2.75) is 5.38 Å². The molecule has 0 bridgehead atoms. The van der Waals surface area contributed by atoms with Crippen molar-refractivity contribution in [2.75, 3.05) is 5.32 Å². The quantitative estimate of drug-likeness (QED) is 0.531. The summed E-state index contributed by atoms with van der Waals surface area (Å²) >= 11 is 11.8. The van der Waals surface area contributed by atoms with Gasteiger partial charge in [-0.1, -0.05) is 54.1 Å². The van der Waals surface area contributed by atoms with Gasteiger partial charge in [0.05, 0.1) is 10.7 Å². The van der Waals surface area contributed by atoms with Crippen LogP contribution in [0.1, 0.15) is 10.4 Å². The minimum Gasteiger partial charge on any atom is -0.323 e. The Balaban J connectivity index is 2.10. The summed E-state index contributed by atoms with van der Waals surface area (Å²) in [5.74, 6) is -1.05. The molecule has 0 aliphatic heterocycles. The Morgan fingerprint density at radius 1 is 0.950 bits per heavy atom. The maximum Gasteiger partial charge on any atom is 0.250 e. The van der Waals surface area contributed by atoms with Crippen LogP contribution in [0.25, 0.3) is 0 Å². The van der Waals surface area contributed by atoms with E-state index in [9.17, 15) is 9.59 Å². The predicted octanol–water partition coefficient (Wildman–Crippen LogP) is 3.77. The monoisotopic (exact) mass is 307 g/mol. The number of carbonyl (C=O) groups excluding carboxylic acids is 2. The van der Waals surface area contributed by atoms with Crippen LogP contribution in [0.5, 0.6) is 0 Å². The first-order valence-corrected chi connectivity index (χ1v) is 6.70. The molecule has 0 saturated carbocycles. The van der Waals surface area contributed by atoms with Crippen molar-refractivity contribution < 1.29 is 9.59 Å². The highest BCUT2D eigenvalue weighted by Crippen LogP contribution is 2.21. The Hall–Kier alpha value is -1.84. The number of hydrogen-bond acceptors (Lipinski definition) is 2. The van der Waals surface area contributed by atoms with E-state index in [1.54, 1.807) is 54.6 Å². The summed E-state index contributed by atoms with van der Waals surface area (Å²) in [6.45, 7) is 0. The molecule has 2 aromatic carbocycles. The minimum absolute atomic E-state index is 0.386. The van der Waals surface area contributed by atoms with Gasteiger partial charge >= 0.3 is 0 Å². The zero-order valence-corrected chi connectivity index (χ0v) is 11.9. The molecule has 0 radical (unpaired) electrons. The van der Waals surface area contributed by atoms with E-state index in [2.05, 4.69) is 5.32 Å². The molecule has 2 aromatic rings. The third-order valence-electron chi connectivity index (χ3n) is 2.65. The van der Waals surface area contributed by atoms with Gasteiger partial charge in [0, 0.05) is 5.56 Å². The third-order valence-corrected chi connectivity index (χ3v) is 3.38. The van der Waals surface area contributed by atoms with Crippen LogP contribution in [0.15, 0.2) is 54.6 Å². The number of nitrogens with one attached hydrogen (secondary N) is 1. The number of para-hydroxylation sites is 1. The van der Waals surface area contributed by atoms with Crippen molar-refractivity contribution in [2.24, 2.45) is 0 Å². The van der Waals surface area contributed by atoms with Crippen molar-refractivity contribution in [1.82, 2.24) is 0 Å². The molecule has 0 aliphatic rings. The Morgan fingerprint density at radius 2 is 1.55 bits per heavy atom. The van der Waals surface area contributed by atoms with Gasteiger partial charge in [0.25, 0.3) is 0 Å². The van der Waals surface area contributed by atoms with E-state index in [-0.39, 0.29) is 0 Å². The van der Waals surface area contributed by atoms with E-state index in [0.29, 0.717) is 16.3 Å². The Kier molecular flexibility index (Phi) is 4.77. The van der Waals surface area contributed by atoms with Crippen LogP contribution < -0.4 is 5.32 Å². The van der Waals surface area contributed by atoms with Crippen molar-refractivity contribution in [3.63, 3.8) is 0 Å². The number of anilines is 1. The SMILES string of the molecule is O=C(Nc1ccccc1Cl)[C@@H](Cl)C(=O)c1ccccc1. The average molecular weight is 308 g/mol. The van der Waals surface area contributed by atoms with E-state index in [1.807, 2.05) is 0 Å². The maximum atomic E-state index is 12.0. The zero-order valence-electron chi connectivity index (χ0n) is 10.3. The zero-order chi connectivity index (χ0) is 14.5. The molecule has 1 amide bonds. The van der Waals surface area contributed by atoms with E-state index in [0.717, 1.165) is 0 Å². The largest absolute Gasteiger partial charge is 0.323 e. The predicted molar refractivity (Wildman–Crippen MR) is 80.5 cm³/mol. The second kappa shape index (κ2) is 6.55. The lowest BCUT2D eigenvalue weighted by molar-refractivity contribution is -0.115. The second-order valence-corrected chi connectivity index (χ2v) is 4.91. The second-order valence-electron chi connectivity index (χ2n) is 4.06. The first kappa shape index (κ1) is 14.6. The molecule has 0 aliphatic carbocycles. The molecule has 1 N–H and O–H groups in total. The molecule has 5 heteroatoms. The van der Waals surface area contributed by atoms with Crippen LogP contribution in [-0.4, -0.2) is 17.1 Å². The molecule has 0 aromatic heterocycles. The van der Waals surface area contributed by atoms with Crippen LogP contribution in [0.4, 0.5) is 5.69 Å². The summed E-state index contributed by atoms with van der Waals surface area (Å²) in [6, 6.07) is 15.2. The topological polar surface area (TPSA) is 46.2 Å². The Bertz CT molecular complexity index is 629. The smallest absolute Gasteiger partial charge is 0.250 e. The normalized spacial score (nSPS) is 11.7. The molecule has 0 saturated heterocycles. The fraction of sp³-hybridized carbons (Fsp3) is 0.0667. The standard InChI is InChI=1S/C15H11Cl2NO2/c16-11-8-4-5-9-12(11)18-15(20)13(17)14(19)10-6-2-1-3-7-10/h1-9,13H,(H,18,20)/t13-/m0/s1. The number of halogens is 2. The summed E-state index contributed by atoms with van der Waals surface area (Å²) in [5, 5.41) is 1.63. The van der Waals surface area contributed by atoms with E-state index < -0.39 is 17.1 Å². The highest BCUT2D eigenvalue weighted by Gasteiger charge is 2.25. The van der Waals surface area contributed by atoms with E-state index in [4.69, 9.17) is 23.2 Å². The van der Waals surface area contributed by atoms with E-state index >= 15 is 0 Å². The maximum absolute atomic E-state index is 12.0. The number of rotatable bonds is 4. The lowest BCUT2D eigenvalue weighted by Gasteiger charge is -2.10. The van der Waals surface area contributed by atoms with Crippen molar-refractivity contribution in [3.8, 4) is 0 Å². The van der Waals surface area contributed by atoms with Gasteiger partial charge in [-0.25, -0.2) is 0 Å². The fourth-order valence-corrected chi connectivity index (χ4v) is 1.99. The number of benzene rings is 2. The van der Waals surface area contributed by atoms with Crippen molar-refractivity contribution >= 4 is 40.6 Å². The van der Waals surface area contributed by atoms with Gasteiger partial charge in [0.2, 0.25) is 5.91 Å². The minimum atomic E-state index is -1.30. The van der Waals surface area contributed by atoms with Crippen molar-refractivity contribution in [1.29, 1.82) is 0 Å². The van der Waals surface area contributed by atoms with Crippen LogP contribution in [0.2, 0.25) is 5.02 Å². The van der Waals surface area contributed by atoms with Gasteiger partial charge < -0.3 is 5.32 Å². The van der Waals surface area contributed by atoms with Gasteiger partial charge in [0.1, 0.15) is 0 Å². The van der Waals surface area contributed by atoms with Crippen LogP contribution in [0, 0.1) is 0 Å². The van der Waals surface area contributed by atoms with Gasteiger partial charge in [-0.2, -0.15) is 0 Å². The lowest BCUT2D eigenvalue weighted by Crippen LogP contribution is -2.30. The summed E-state index contributed by atoms with van der Waals surface area (Å²) in [7, 11) is 0. The summed E-state index contributed by atoms with van der Waals surface area (Å²) in [4.78, 5) is 24.0. The van der Waals surface area contributed by atoms with Gasteiger partial charge in [-0.15, -0.1) is 11.6 Å². The first-order chi connectivity index (χ1) is 9.59. The number of alkyl halides is 1. The Labute approximate surface area is 126 Å². The summed E-state index contributed by atoms with van der Waals surface area (Å²) < 4.78 is 0. The molecule has 102 valence electrons. The summed E-state index contributed by atoms with van der Waals surface area (Å²) in [5.41, 5.74) is 0.812. The lowest BCUT2D eigenvalue weighted by atomic mass is 10.1. The molecule has 3 nitrogen and oxygen atoms in total. The van der Waals surface area contributed by atoms with Crippen LogP contribution in [-0.2, 0) is 4.79 Å². The highest BCUT2D eigenvalue weighted by molar-refractivity contribution is 6.45. The number of ketones is 1. The molecule has 0 unspecified atom stereocenters. The van der Waals surface area contributed by atoms with Gasteiger partial charge in [-0.3, -0.25) is 9.59 Å². The van der Waals surface area contributed by atoms with Crippen molar-refractivity contribution in [3.05, 3.63) is 65.2 Å². The molecule has 1 atom stereocenters. The first-order valence-electron chi connectivity index (χ1n) is 5.88. The number of hydrogen-bond donors (Lipinski definition) is 1. The number of Topliss-reactive ketones (excluding diaryl/α,β-unsaturated/α-hetero) is 1. The molecular formula is C15H11Cl2NO2. The molecule has 0 heterocycles. The van der Waals surface area contributed by atoms with Crippen LogP contribution >= 0.6 is 23.2 Å². The fourth-order valence-electron chi connectivity index (χ4n) is 1.63. The van der Waals surface area contributed by atoms with Gasteiger partial charge in [-0.05, 0) is 12.1 Å². The average Bonchev–Trinajstić information content (AvgIpc) is 2.49. The molecular weight excluding hydrogens is 297 g/mol. The van der Waals surface area contributed by atoms with Crippen LogP contribution in [0.3, 0.4) is 0 Å². The molecule has 0 spiro atoms. The molecule has 2 rings (SSSR count). The van der Waals surface area contributed by atoms with E-state index in [1.165, 1.54) is 0 Å².